The average molecular weight is 293 g/mol. The topological polar surface area (TPSA) is 75.4 Å². The zero-order valence-electron chi connectivity index (χ0n) is 13.0. The summed E-state index contributed by atoms with van der Waals surface area (Å²) in [5.41, 5.74) is -0.954. The van der Waals surface area contributed by atoms with E-state index in [0.717, 1.165) is 0 Å². The number of rotatable bonds is 4. The summed E-state index contributed by atoms with van der Waals surface area (Å²) < 4.78 is 1.62. The molecule has 1 fully saturated rings. The van der Waals surface area contributed by atoms with Gasteiger partial charge in [0, 0.05) is 31.5 Å². The van der Waals surface area contributed by atoms with Crippen LogP contribution >= 0.6 is 0 Å². The first kappa shape index (κ1) is 15.5. The molecular formula is C15H23N3O3. The van der Waals surface area contributed by atoms with Crippen molar-refractivity contribution in [3.8, 4) is 0 Å². The van der Waals surface area contributed by atoms with E-state index >= 15 is 0 Å². The first-order chi connectivity index (χ1) is 9.79. The molecule has 6 heteroatoms. The molecule has 21 heavy (non-hydrogen) atoms. The predicted octanol–water partition coefficient (Wildman–Crippen LogP) is 1.76. The monoisotopic (exact) mass is 293 g/mol. The van der Waals surface area contributed by atoms with Crippen molar-refractivity contribution >= 4 is 11.8 Å². The van der Waals surface area contributed by atoms with Gasteiger partial charge in [-0.15, -0.1) is 0 Å². The zero-order chi connectivity index (χ0) is 15.8. The smallest absolute Gasteiger partial charge is 0.311 e. The molecule has 1 saturated heterocycles. The van der Waals surface area contributed by atoms with Crippen LogP contribution in [0.1, 0.15) is 40.2 Å². The number of aromatic nitrogens is 2. The van der Waals surface area contributed by atoms with Crippen molar-refractivity contribution in [2.45, 2.75) is 40.2 Å². The molecule has 0 amide bonds. The summed E-state index contributed by atoms with van der Waals surface area (Å²) >= 11 is 0. The lowest BCUT2D eigenvalue weighted by atomic mass is 9.76. The Hall–Kier alpha value is -1.85. The maximum atomic E-state index is 12.5. The van der Waals surface area contributed by atoms with Crippen LogP contribution in [0.4, 0.5) is 5.82 Å². The molecule has 2 rings (SSSR count). The number of hydrogen-bond donors (Lipinski definition) is 1. The lowest BCUT2D eigenvalue weighted by Crippen LogP contribution is -2.41. The Morgan fingerprint density at radius 2 is 2.05 bits per heavy atom. The highest BCUT2D eigenvalue weighted by molar-refractivity contribution is 5.77. The van der Waals surface area contributed by atoms with Crippen LogP contribution < -0.4 is 10.5 Å². The lowest BCUT2D eigenvalue weighted by molar-refractivity contribution is -0.150. The van der Waals surface area contributed by atoms with Gasteiger partial charge in [0.05, 0.1) is 5.41 Å². The number of carboxylic acid groups (broad SMARTS) is 1. The van der Waals surface area contributed by atoms with Crippen molar-refractivity contribution in [1.29, 1.82) is 0 Å². The average Bonchev–Trinajstić information content (AvgIpc) is 2.84. The summed E-state index contributed by atoms with van der Waals surface area (Å²) in [5, 5.41) is 9.58. The van der Waals surface area contributed by atoms with Crippen molar-refractivity contribution in [2.24, 2.45) is 11.3 Å². The Kier molecular flexibility index (Phi) is 4.07. The Bertz CT molecular complexity index is 594. The van der Waals surface area contributed by atoms with Crippen LogP contribution in [0.3, 0.4) is 0 Å². The van der Waals surface area contributed by atoms with Gasteiger partial charge in [-0.2, -0.15) is 0 Å². The van der Waals surface area contributed by atoms with Crippen LogP contribution in [-0.4, -0.2) is 33.7 Å². The van der Waals surface area contributed by atoms with E-state index in [9.17, 15) is 14.7 Å². The highest BCUT2D eigenvalue weighted by Crippen LogP contribution is 2.38. The molecule has 0 aromatic carbocycles. The Balaban J connectivity index is 2.36. The van der Waals surface area contributed by atoms with Gasteiger partial charge < -0.3 is 14.6 Å². The molecule has 1 aromatic rings. The van der Waals surface area contributed by atoms with E-state index < -0.39 is 11.4 Å². The largest absolute Gasteiger partial charge is 0.481 e. The molecule has 0 spiro atoms. The maximum Gasteiger partial charge on any atom is 0.311 e. The van der Waals surface area contributed by atoms with Crippen molar-refractivity contribution in [3.05, 3.63) is 22.7 Å². The summed E-state index contributed by atoms with van der Waals surface area (Å²) in [4.78, 5) is 30.1. The summed E-state index contributed by atoms with van der Waals surface area (Å²) in [6, 6.07) is 0.0520. The first-order valence-electron chi connectivity index (χ1n) is 7.35. The van der Waals surface area contributed by atoms with Gasteiger partial charge in [0.15, 0.2) is 5.82 Å². The Morgan fingerprint density at radius 3 is 2.52 bits per heavy atom. The second-order valence-electron chi connectivity index (χ2n) is 6.34. The van der Waals surface area contributed by atoms with Crippen LogP contribution in [0.2, 0.25) is 0 Å². The second-order valence-corrected chi connectivity index (χ2v) is 6.34. The third kappa shape index (κ3) is 2.54. The van der Waals surface area contributed by atoms with E-state index in [-0.39, 0.29) is 17.5 Å². The number of aliphatic carboxylic acids is 1. The Labute approximate surface area is 124 Å². The number of anilines is 1. The normalized spacial score (nSPS) is 22.3. The molecule has 0 radical (unpaired) electrons. The van der Waals surface area contributed by atoms with Gasteiger partial charge in [0.2, 0.25) is 0 Å². The fraction of sp³-hybridized carbons (Fsp3) is 0.667. The standard InChI is InChI=1S/C15H23N3O3/c1-10(2)15(14(20)21)5-7-17(9-15)12-13(19)18(11(3)4)8-6-16-12/h6,8,10-11H,5,7,9H2,1-4H3,(H,20,21). The first-order valence-corrected chi connectivity index (χ1v) is 7.35. The SMILES string of the molecule is CC(C)n1ccnc(N2CCC(C(=O)O)(C(C)C)C2)c1=O. The number of hydrogen-bond acceptors (Lipinski definition) is 4. The molecule has 1 aliphatic heterocycles. The van der Waals surface area contributed by atoms with Gasteiger partial charge in [-0.3, -0.25) is 9.59 Å². The van der Waals surface area contributed by atoms with Crippen LogP contribution in [-0.2, 0) is 4.79 Å². The number of carbonyl (C=O) groups is 1. The molecule has 0 aliphatic carbocycles. The molecule has 6 nitrogen and oxygen atoms in total. The van der Waals surface area contributed by atoms with Gasteiger partial charge in [0.1, 0.15) is 0 Å². The molecule has 1 aliphatic rings. The number of nitrogens with zero attached hydrogens (tertiary/aromatic N) is 3. The minimum absolute atomic E-state index is 0.0102. The van der Waals surface area contributed by atoms with Crippen molar-refractivity contribution in [2.75, 3.05) is 18.0 Å². The van der Waals surface area contributed by atoms with Crippen molar-refractivity contribution in [3.63, 3.8) is 0 Å². The molecular weight excluding hydrogens is 270 g/mol. The molecule has 1 aromatic heterocycles. The molecule has 116 valence electrons. The van der Waals surface area contributed by atoms with Gasteiger partial charge in [-0.05, 0) is 26.2 Å². The Morgan fingerprint density at radius 1 is 1.38 bits per heavy atom. The predicted molar refractivity (Wildman–Crippen MR) is 80.6 cm³/mol. The van der Waals surface area contributed by atoms with Gasteiger partial charge >= 0.3 is 5.97 Å². The lowest BCUT2D eigenvalue weighted by Gasteiger charge is -2.28. The molecule has 0 saturated carbocycles. The van der Waals surface area contributed by atoms with Gasteiger partial charge in [-0.1, -0.05) is 13.8 Å². The van der Waals surface area contributed by atoms with Crippen LogP contribution in [0.15, 0.2) is 17.2 Å². The van der Waals surface area contributed by atoms with Crippen molar-refractivity contribution in [1.82, 2.24) is 9.55 Å². The molecule has 1 N–H and O–H groups in total. The van der Waals surface area contributed by atoms with E-state index in [4.69, 9.17) is 0 Å². The molecule has 0 bridgehead atoms. The van der Waals surface area contributed by atoms with E-state index in [1.807, 2.05) is 32.6 Å². The van der Waals surface area contributed by atoms with E-state index in [1.165, 1.54) is 0 Å². The second kappa shape index (κ2) is 5.50. The highest BCUT2D eigenvalue weighted by atomic mass is 16.4. The molecule has 2 heterocycles. The third-order valence-corrected chi connectivity index (χ3v) is 4.54. The van der Waals surface area contributed by atoms with Crippen LogP contribution in [0.25, 0.3) is 0 Å². The zero-order valence-corrected chi connectivity index (χ0v) is 13.0. The molecule has 1 unspecified atom stereocenters. The van der Waals surface area contributed by atoms with E-state index in [2.05, 4.69) is 4.98 Å². The molecule has 1 atom stereocenters. The van der Waals surface area contributed by atoms with Gasteiger partial charge in [-0.25, -0.2) is 4.98 Å². The van der Waals surface area contributed by atoms with Crippen LogP contribution in [0, 0.1) is 11.3 Å². The number of carboxylic acids is 1. The summed E-state index contributed by atoms with van der Waals surface area (Å²) in [7, 11) is 0. The van der Waals surface area contributed by atoms with Gasteiger partial charge in [0.25, 0.3) is 5.56 Å². The van der Waals surface area contributed by atoms with E-state index in [0.29, 0.717) is 25.3 Å². The highest BCUT2D eigenvalue weighted by Gasteiger charge is 2.48. The maximum absolute atomic E-state index is 12.5. The summed E-state index contributed by atoms with van der Waals surface area (Å²) in [6.07, 6.45) is 3.81. The van der Waals surface area contributed by atoms with Crippen LogP contribution in [0.5, 0.6) is 0 Å². The fourth-order valence-electron chi connectivity index (χ4n) is 2.94. The van der Waals surface area contributed by atoms with E-state index in [1.54, 1.807) is 17.0 Å². The van der Waals surface area contributed by atoms with Crippen molar-refractivity contribution < 1.29 is 9.90 Å². The quantitative estimate of drug-likeness (QED) is 0.915. The third-order valence-electron chi connectivity index (χ3n) is 4.54. The summed E-state index contributed by atoms with van der Waals surface area (Å²) in [5.74, 6) is -0.425. The summed E-state index contributed by atoms with van der Waals surface area (Å²) in [6.45, 7) is 8.60. The fourth-order valence-corrected chi connectivity index (χ4v) is 2.94. The minimum atomic E-state index is -0.799. The minimum Gasteiger partial charge on any atom is -0.481 e.